The Balaban J connectivity index is 4.31. The van der Waals surface area contributed by atoms with E-state index in [-0.39, 0.29) is 12.1 Å². The zero-order chi connectivity index (χ0) is 22.6. The summed E-state index contributed by atoms with van der Waals surface area (Å²) < 4.78 is 10.8. The molecule has 172 valence electrons. The number of hydrogen-bond donors (Lipinski definition) is 3. The first-order valence-corrected chi connectivity index (χ1v) is 11.0. The lowest BCUT2D eigenvalue weighted by Gasteiger charge is -2.31. The van der Waals surface area contributed by atoms with E-state index in [1.807, 2.05) is 41.5 Å². The van der Waals surface area contributed by atoms with Crippen molar-refractivity contribution in [3.05, 3.63) is 0 Å². The summed E-state index contributed by atoms with van der Waals surface area (Å²) in [5, 5.41) is 2.76. The second kappa shape index (κ2) is 13.1. The minimum Gasteiger partial charge on any atom is -0.459 e. The van der Waals surface area contributed by atoms with Crippen LogP contribution in [0.25, 0.3) is 0 Å². The number of carbonyl (C=O) groups excluding carboxylic acids is 2. The normalized spacial score (nSPS) is 14.2. The van der Waals surface area contributed by atoms with E-state index in [4.69, 9.17) is 20.9 Å². The molecule has 0 aliphatic carbocycles. The Bertz CT molecular complexity index is 483. The van der Waals surface area contributed by atoms with Crippen LogP contribution in [-0.4, -0.2) is 41.9 Å². The number of nitrogens with one attached hydrogen (secondary N) is 1. The monoisotopic (exact) mass is 415 g/mol. The van der Waals surface area contributed by atoms with Crippen molar-refractivity contribution < 1.29 is 19.1 Å². The van der Waals surface area contributed by atoms with Gasteiger partial charge in [-0.2, -0.15) is 0 Å². The Hall–Kier alpha value is -1.34. The maximum atomic E-state index is 12.7. The van der Waals surface area contributed by atoms with Crippen molar-refractivity contribution in [1.29, 1.82) is 0 Å². The smallest absolute Gasteiger partial charge is 0.407 e. The number of carbonyl (C=O) groups is 2. The van der Waals surface area contributed by atoms with Gasteiger partial charge in [0.2, 0.25) is 0 Å². The van der Waals surface area contributed by atoms with Gasteiger partial charge in [0.05, 0.1) is 0 Å². The van der Waals surface area contributed by atoms with Crippen LogP contribution in [0.15, 0.2) is 0 Å². The molecule has 0 aromatic rings. The summed E-state index contributed by atoms with van der Waals surface area (Å²) in [4.78, 5) is 24.3. The average Bonchev–Trinajstić information content (AvgIpc) is 2.54. The molecule has 0 aliphatic heterocycles. The van der Waals surface area contributed by atoms with Crippen LogP contribution in [0.3, 0.4) is 0 Å². The van der Waals surface area contributed by atoms with Crippen molar-refractivity contribution in [3.8, 4) is 0 Å². The summed E-state index contributed by atoms with van der Waals surface area (Å²) in [6, 6.07) is 0. The summed E-state index contributed by atoms with van der Waals surface area (Å²) in [5.41, 5.74) is 10.1. The molecule has 0 spiro atoms. The summed E-state index contributed by atoms with van der Waals surface area (Å²) >= 11 is 0. The number of rotatable bonds is 13. The van der Waals surface area contributed by atoms with E-state index >= 15 is 0 Å². The third-order valence-electron chi connectivity index (χ3n) is 4.35. The van der Waals surface area contributed by atoms with Crippen molar-refractivity contribution in [2.45, 2.75) is 116 Å². The predicted octanol–water partition coefficient (Wildman–Crippen LogP) is 4.02. The fourth-order valence-corrected chi connectivity index (χ4v) is 2.89. The van der Waals surface area contributed by atoms with Gasteiger partial charge >= 0.3 is 12.1 Å². The van der Waals surface area contributed by atoms with Crippen molar-refractivity contribution in [3.63, 3.8) is 0 Å². The summed E-state index contributed by atoms with van der Waals surface area (Å²) in [7, 11) is 0. The van der Waals surface area contributed by atoms with Crippen LogP contribution in [0, 0.1) is 0 Å². The van der Waals surface area contributed by atoms with Gasteiger partial charge in [-0.15, -0.1) is 0 Å². The molecule has 0 fully saturated rings. The molecule has 7 heteroatoms. The van der Waals surface area contributed by atoms with Crippen LogP contribution >= 0.6 is 0 Å². The highest BCUT2D eigenvalue weighted by Gasteiger charge is 2.36. The highest BCUT2D eigenvalue weighted by atomic mass is 16.6. The maximum Gasteiger partial charge on any atom is 0.407 e. The van der Waals surface area contributed by atoms with Gasteiger partial charge in [-0.3, -0.25) is 4.79 Å². The molecule has 0 aliphatic rings. The average molecular weight is 416 g/mol. The third kappa shape index (κ3) is 15.2. The molecule has 0 saturated carbocycles. The molecule has 0 rings (SSSR count). The van der Waals surface area contributed by atoms with Gasteiger partial charge in [0.15, 0.2) is 0 Å². The molecule has 0 aromatic carbocycles. The molecule has 29 heavy (non-hydrogen) atoms. The van der Waals surface area contributed by atoms with E-state index in [0.717, 1.165) is 44.9 Å². The lowest BCUT2D eigenvalue weighted by molar-refractivity contribution is -0.162. The van der Waals surface area contributed by atoms with Gasteiger partial charge in [-0.25, -0.2) is 4.79 Å². The van der Waals surface area contributed by atoms with Gasteiger partial charge in [-0.1, -0.05) is 32.1 Å². The minimum atomic E-state index is -0.948. The molecule has 1 unspecified atom stereocenters. The quantitative estimate of drug-likeness (QED) is 0.309. The zero-order valence-corrected chi connectivity index (χ0v) is 19.6. The molecule has 7 nitrogen and oxygen atoms in total. The number of hydrogen-bond acceptors (Lipinski definition) is 6. The first kappa shape index (κ1) is 27.7. The molecule has 1 atom stereocenters. The molecule has 0 bridgehead atoms. The first-order chi connectivity index (χ1) is 13.3. The number of unbranched alkanes of at least 4 members (excludes halogenated alkanes) is 5. The standard InChI is InChI=1S/C22H45N3O4/c1-20(2,3)28-18(26)22(24,15-11-9-12-16-23)14-10-7-8-13-17-25-19(27)29-21(4,5)6/h7-17,23-24H2,1-6H3,(H,25,27). The highest BCUT2D eigenvalue weighted by molar-refractivity contribution is 5.80. The molecular weight excluding hydrogens is 370 g/mol. The fourth-order valence-electron chi connectivity index (χ4n) is 2.89. The van der Waals surface area contributed by atoms with Gasteiger partial charge in [0, 0.05) is 6.54 Å². The molecule has 0 saturated heterocycles. The van der Waals surface area contributed by atoms with Crippen LogP contribution in [0.5, 0.6) is 0 Å². The number of nitrogens with two attached hydrogens (primary N) is 2. The Morgan fingerprint density at radius 3 is 1.72 bits per heavy atom. The van der Waals surface area contributed by atoms with Crippen LogP contribution in [-0.2, 0) is 14.3 Å². The SMILES string of the molecule is CC(C)(C)OC(=O)NCCCCCCC(N)(CCCCCN)C(=O)OC(C)(C)C. The fraction of sp³-hybridized carbons (Fsp3) is 0.909. The van der Waals surface area contributed by atoms with Gasteiger partial charge in [0.1, 0.15) is 16.7 Å². The molecular formula is C22H45N3O4. The number of alkyl carbamates (subject to hydrolysis) is 1. The minimum absolute atomic E-state index is 0.315. The van der Waals surface area contributed by atoms with Crippen LogP contribution in [0.2, 0.25) is 0 Å². The topological polar surface area (TPSA) is 117 Å². The number of amides is 1. The van der Waals surface area contributed by atoms with Gasteiger partial charge in [0.25, 0.3) is 0 Å². The Labute approximate surface area is 177 Å². The lowest BCUT2D eigenvalue weighted by Crippen LogP contribution is -2.51. The van der Waals surface area contributed by atoms with Gasteiger partial charge < -0.3 is 26.3 Å². The summed E-state index contributed by atoms with van der Waals surface area (Å²) in [6.45, 7) is 12.3. The molecule has 1 amide bonds. The Morgan fingerprint density at radius 2 is 1.24 bits per heavy atom. The van der Waals surface area contributed by atoms with E-state index in [1.54, 1.807) is 0 Å². The predicted molar refractivity (Wildman–Crippen MR) is 118 cm³/mol. The Kier molecular flexibility index (Phi) is 12.5. The van der Waals surface area contributed by atoms with Crippen molar-refractivity contribution in [2.24, 2.45) is 11.5 Å². The molecule has 0 aromatic heterocycles. The zero-order valence-electron chi connectivity index (χ0n) is 19.6. The van der Waals surface area contributed by atoms with Crippen molar-refractivity contribution in [1.82, 2.24) is 5.32 Å². The van der Waals surface area contributed by atoms with Crippen LogP contribution < -0.4 is 16.8 Å². The van der Waals surface area contributed by atoms with E-state index < -0.39 is 16.7 Å². The van der Waals surface area contributed by atoms with Crippen molar-refractivity contribution in [2.75, 3.05) is 13.1 Å². The van der Waals surface area contributed by atoms with E-state index in [1.165, 1.54) is 0 Å². The van der Waals surface area contributed by atoms with Crippen LogP contribution in [0.4, 0.5) is 4.79 Å². The summed E-state index contributed by atoms with van der Waals surface area (Å²) in [6.07, 6.45) is 7.20. The molecule has 0 radical (unpaired) electrons. The van der Waals surface area contributed by atoms with E-state index in [9.17, 15) is 9.59 Å². The summed E-state index contributed by atoms with van der Waals surface area (Å²) in [5.74, 6) is -0.315. The van der Waals surface area contributed by atoms with Gasteiger partial charge in [-0.05, 0) is 73.8 Å². The van der Waals surface area contributed by atoms with Crippen LogP contribution in [0.1, 0.15) is 99.3 Å². The Morgan fingerprint density at radius 1 is 0.759 bits per heavy atom. The second-order valence-electron chi connectivity index (χ2n) is 9.85. The first-order valence-electron chi connectivity index (χ1n) is 11.0. The molecule has 0 heterocycles. The highest BCUT2D eigenvalue weighted by Crippen LogP contribution is 2.24. The second-order valence-corrected chi connectivity index (χ2v) is 9.85. The van der Waals surface area contributed by atoms with E-state index in [2.05, 4.69) is 5.32 Å². The number of ether oxygens (including phenoxy) is 2. The molecule has 5 N–H and O–H groups in total. The number of esters is 1. The van der Waals surface area contributed by atoms with E-state index in [0.29, 0.717) is 25.9 Å². The van der Waals surface area contributed by atoms with Crippen molar-refractivity contribution >= 4 is 12.1 Å². The lowest BCUT2D eigenvalue weighted by atomic mass is 9.87. The maximum absolute atomic E-state index is 12.7. The third-order valence-corrected chi connectivity index (χ3v) is 4.35. The largest absolute Gasteiger partial charge is 0.459 e.